The molecule has 8 aliphatic rings. The van der Waals surface area contributed by atoms with Gasteiger partial charge in [-0.25, -0.2) is 9.59 Å². The normalized spacial score (nSPS) is 37.5. The molecular formula is C35H49N5O6S. The molecule has 2 unspecified atom stereocenters. The van der Waals surface area contributed by atoms with Crippen molar-refractivity contribution in [2.75, 3.05) is 12.3 Å². The Morgan fingerprint density at radius 2 is 1.68 bits per heavy atom. The summed E-state index contributed by atoms with van der Waals surface area (Å²) in [4.78, 5) is 50.0. The van der Waals surface area contributed by atoms with Gasteiger partial charge in [0.2, 0.25) is 17.5 Å². The monoisotopic (exact) mass is 667 g/mol. The maximum absolute atomic E-state index is 13.8. The summed E-state index contributed by atoms with van der Waals surface area (Å²) in [5.74, 6) is 0.760. The fraction of sp³-hybridized carbons (Fsp3) is 0.743. The number of thioether (sulfide) groups is 1. The summed E-state index contributed by atoms with van der Waals surface area (Å²) < 4.78 is 6.80. The SMILES string of the molecule is O=C(NCCCC[C@H]1SC[C@H]2NC(=O)N[C@H]21)NCc1cccc(CNC(=O)C23CC4CC(C2)C2(OOC5(CCCCC5)O2)C(C4)C3)c1. The smallest absolute Gasteiger partial charge is 0.315 e. The number of carbonyl (C=O) groups is 3. The third-order valence-electron chi connectivity index (χ3n) is 12.1. The van der Waals surface area contributed by atoms with E-state index in [0.717, 1.165) is 93.9 Å². The lowest BCUT2D eigenvalue weighted by atomic mass is 9.47. The lowest BCUT2D eigenvalue weighted by molar-refractivity contribution is -0.393. The van der Waals surface area contributed by atoms with Crippen LogP contribution in [-0.2, 0) is 32.4 Å². The summed E-state index contributed by atoms with van der Waals surface area (Å²) in [6.45, 7) is 1.50. The highest BCUT2D eigenvalue weighted by Gasteiger charge is 2.70. The van der Waals surface area contributed by atoms with Gasteiger partial charge in [0.15, 0.2) is 0 Å². The largest absolute Gasteiger partial charge is 0.352 e. The molecule has 8 fully saturated rings. The molecule has 2 spiro atoms. The van der Waals surface area contributed by atoms with Crippen LogP contribution >= 0.6 is 11.8 Å². The second kappa shape index (κ2) is 12.7. The molecule has 256 valence electrons. The molecule has 12 heteroatoms. The van der Waals surface area contributed by atoms with E-state index in [2.05, 4.69) is 32.7 Å². The number of carbonyl (C=O) groups excluding carboxylic acids is 3. The molecule has 3 saturated heterocycles. The lowest BCUT2D eigenvalue weighted by Gasteiger charge is -2.61. The van der Waals surface area contributed by atoms with E-state index >= 15 is 0 Å². The highest BCUT2D eigenvalue weighted by atomic mass is 32.2. The Labute approximate surface area is 281 Å². The molecule has 1 aromatic rings. The fourth-order valence-electron chi connectivity index (χ4n) is 10.0. The predicted molar refractivity (Wildman–Crippen MR) is 176 cm³/mol. The molecule has 5 aliphatic carbocycles. The Morgan fingerprint density at radius 3 is 2.47 bits per heavy atom. The zero-order valence-corrected chi connectivity index (χ0v) is 28.0. The number of rotatable bonds is 10. The van der Waals surface area contributed by atoms with Gasteiger partial charge in [-0.15, -0.1) is 0 Å². The van der Waals surface area contributed by atoms with Crippen molar-refractivity contribution in [3.63, 3.8) is 0 Å². The van der Waals surface area contributed by atoms with Gasteiger partial charge in [-0.05, 0) is 74.8 Å². The van der Waals surface area contributed by atoms with E-state index in [1.807, 2.05) is 30.0 Å². The van der Waals surface area contributed by atoms with Crippen LogP contribution in [-0.4, -0.2) is 59.2 Å². The van der Waals surface area contributed by atoms with Crippen LogP contribution < -0.4 is 26.6 Å². The van der Waals surface area contributed by atoms with Gasteiger partial charge in [0.25, 0.3) is 0 Å². The van der Waals surface area contributed by atoms with Crippen LogP contribution in [0, 0.1) is 23.2 Å². The van der Waals surface area contributed by atoms with Gasteiger partial charge in [-0.3, -0.25) is 4.79 Å². The van der Waals surface area contributed by atoms with Crippen molar-refractivity contribution in [2.24, 2.45) is 23.2 Å². The summed E-state index contributed by atoms with van der Waals surface area (Å²) in [5, 5.41) is 15.7. The van der Waals surface area contributed by atoms with E-state index in [0.29, 0.717) is 30.8 Å². The van der Waals surface area contributed by atoms with E-state index in [1.165, 1.54) is 6.42 Å². The molecule has 5 atom stereocenters. The molecule has 1 aromatic carbocycles. The van der Waals surface area contributed by atoms with Gasteiger partial charge in [0.05, 0.1) is 17.5 Å². The molecule has 5 N–H and O–H groups in total. The molecule has 11 nitrogen and oxygen atoms in total. The van der Waals surface area contributed by atoms with E-state index in [9.17, 15) is 14.4 Å². The molecule has 5 amide bonds. The summed E-state index contributed by atoms with van der Waals surface area (Å²) >= 11 is 1.92. The first kappa shape index (κ1) is 31.7. The van der Waals surface area contributed by atoms with E-state index < -0.39 is 11.6 Å². The first-order chi connectivity index (χ1) is 22.8. The number of nitrogens with one attached hydrogen (secondary N) is 5. The number of unbranched alkanes of at least 4 members (excludes halogenated alkanes) is 1. The standard InChI is InChI=1S/C35H49N5O6S/c41-30(33-16-24-14-25(17-33)35(26(15-24)18-33)44-34(45-46-35)10-3-1-4-11-34)37-19-22-7-6-8-23(13-22)20-38-31(42)36-12-5-2-9-28-29-27(21-47-28)39-32(43)40-29/h6-8,13,24-29H,1-5,9-12,14-21H2,(H,37,41)(H2,36,38,42)(H2,39,40,43)/t24?,25?,26?,27-,28-,29-,33?,35?/m1/s1. The zero-order valence-electron chi connectivity index (χ0n) is 27.2. The molecule has 3 aliphatic heterocycles. The second-order valence-corrected chi connectivity index (χ2v) is 16.6. The quantitative estimate of drug-likeness (QED) is 0.140. The number of fused-ring (bicyclic) bond motifs is 1. The van der Waals surface area contributed by atoms with Crippen LogP contribution in [0.4, 0.5) is 9.59 Å². The van der Waals surface area contributed by atoms with E-state index in [1.54, 1.807) is 0 Å². The molecule has 0 aromatic heterocycles. The molecule has 9 rings (SSSR count). The Kier molecular flexibility index (Phi) is 8.59. The van der Waals surface area contributed by atoms with Gasteiger partial charge >= 0.3 is 12.1 Å². The fourth-order valence-corrected chi connectivity index (χ4v) is 11.6. The van der Waals surface area contributed by atoms with Crippen LogP contribution in [0.5, 0.6) is 0 Å². The molecule has 47 heavy (non-hydrogen) atoms. The predicted octanol–water partition coefficient (Wildman–Crippen LogP) is 4.60. The summed E-state index contributed by atoms with van der Waals surface area (Å²) in [6.07, 6.45) is 12.8. The van der Waals surface area contributed by atoms with Crippen molar-refractivity contribution in [1.29, 1.82) is 0 Å². The summed E-state index contributed by atoms with van der Waals surface area (Å²) in [7, 11) is 0. The van der Waals surface area contributed by atoms with Crippen molar-refractivity contribution in [2.45, 2.75) is 125 Å². The molecule has 5 saturated carbocycles. The Morgan fingerprint density at radius 1 is 0.915 bits per heavy atom. The minimum absolute atomic E-state index is 0.0526. The summed E-state index contributed by atoms with van der Waals surface area (Å²) in [5.41, 5.74) is 1.65. The van der Waals surface area contributed by atoms with Crippen LogP contribution in [0.1, 0.15) is 94.6 Å². The number of hydrogen-bond donors (Lipinski definition) is 5. The molecular weight excluding hydrogens is 618 g/mol. The van der Waals surface area contributed by atoms with Crippen molar-refractivity contribution in [3.05, 3.63) is 35.4 Å². The van der Waals surface area contributed by atoms with Gasteiger partial charge in [-0.2, -0.15) is 21.5 Å². The average molecular weight is 668 g/mol. The topological polar surface area (TPSA) is 139 Å². The van der Waals surface area contributed by atoms with Crippen molar-refractivity contribution < 1.29 is 28.9 Å². The van der Waals surface area contributed by atoms with Crippen LogP contribution in [0.25, 0.3) is 0 Å². The lowest BCUT2D eigenvalue weighted by Crippen LogP contribution is -2.65. The van der Waals surface area contributed by atoms with Gasteiger partial charge in [0, 0.05) is 55.3 Å². The average Bonchev–Trinajstić information content (AvgIpc) is 3.75. The number of benzene rings is 1. The first-order valence-corrected chi connectivity index (χ1v) is 19.0. The minimum Gasteiger partial charge on any atom is -0.352 e. The Balaban J connectivity index is 0.776. The van der Waals surface area contributed by atoms with Gasteiger partial charge in [0.1, 0.15) is 0 Å². The minimum atomic E-state index is -0.683. The maximum Gasteiger partial charge on any atom is 0.315 e. The highest BCUT2D eigenvalue weighted by molar-refractivity contribution is 8.00. The van der Waals surface area contributed by atoms with Crippen molar-refractivity contribution in [1.82, 2.24) is 26.6 Å². The van der Waals surface area contributed by atoms with Gasteiger partial charge < -0.3 is 31.3 Å². The maximum atomic E-state index is 13.8. The Hall–Kier alpha value is -2.54. The number of urea groups is 2. The van der Waals surface area contributed by atoms with Crippen molar-refractivity contribution >= 4 is 29.7 Å². The van der Waals surface area contributed by atoms with Crippen LogP contribution in [0.15, 0.2) is 24.3 Å². The van der Waals surface area contributed by atoms with Crippen LogP contribution in [0.3, 0.4) is 0 Å². The zero-order chi connectivity index (χ0) is 32.1. The number of hydrogen-bond acceptors (Lipinski definition) is 7. The summed E-state index contributed by atoms with van der Waals surface area (Å²) in [6, 6.07) is 8.30. The number of amides is 5. The third kappa shape index (κ3) is 6.12. The molecule has 0 radical (unpaired) electrons. The van der Waals surface area contributed by atoms with Gasteiger partial charge in [-0.1, -0.05) is 37.1 Å². The number of ether oxygens (including phenoxy) is 1. The first-order valence-electron chi connectivity index (χ1n) is 18.0. The highest BCUT2D eigenvalue weighted by Crippen LogP contribution is 2.67. The second-order valence-electron chi connectivity index (χ2n) is 15.3. The van der Waals surface area contributed by atoms with E-state index in [-0.39, 0.29) is 47.3 Å². The van der Waals surface area contributed by atoms with Crippen molar-refractivity contribution in [3.8, 4) is 0 Å². The molecule has 4 bridgehead atoms. The van der Waals surface area contributed by atoms with E-state index in [4.69, 9.17) is 14.5 Å². The molecule has 3 heterocycles. The van der Waals surface area contributed by atoms with Crippen LogP contribution in [0.2, 0.25) is 0 Å². The third-order valence-corrected chi connectivity index (χ3v) is 13.6. The Bertz CT molecular complexity index is 1360.